The van der Waals surface area contributed by atoms with Crippen LogP contribution in [0.5, 0.6) is 0 Å². The third-order valence-corrected chi connectivity index (χ3v) is 6.27. The van der Waals surface area contributed by atoms with E-state index in [1.165, 1.54) is 10.5 Å². The molecular formula is C14H18F3N7O3S. The highest BCUT2D eigenvalue weighted by atomic mass is 32.2. The van der Waals surface area contributed by atoms with Crippen LogP contribution >= 0.6 is 0 Å². The Balaban J connectivity index is 1.60. The number of anilines is 1. The zero-order chi connectivity index (χ0) is 20.7. The largest absolute Gasteiger partial charge is 0.451 e. The summed E-state index contributed by atoms with van der Waals surface area (Å²) in [6.07, 6.45) is -2.84. The van der Waals surface area contributed by atoms with Gasteiger partial charge in [-0.15, -0.1) is 5.10 Å². The van der Waals surface area contributed by atoms with Crippen molar-refractivity contribution in [2.75, 3.05) is 18.4 Å². The molecule has 1 fully saturated rings. The quantitative estimate of drug-likeness (QED) is 0.756. The van der Waals surface area contributed by atoms with Crippen molar-refractivity contribution in [3.63, 3.8) is 0 Å². The summed E-state index contributed by atoms with van der Waals surface area (Å²) in [5.74, 6) is -2.36. The van der Waals surface area contributed by atoms with E-state index in [9.17, 15) is 26.4 Å². The van der Waals surface area contributed by atoms with Crippen molar-refractivity contribution in [1.29, 1.82) is 0 Å². The highest BCUT2D eigenvalue weighted by Gasteiger charge is 2.36. The Bertz CT molecular complexity index is 955. The van der Waals surface area contributed by atoms with Crippen LogP contribution in [0.4, 0.5) is 19.1 Å². The molecule has 154 valence electrons. The lowest BCUT2D eigenvalue weighted by Gasteiger charge is -2.29. The number of halogens is 3. The van der Waals surface area contributed by atoms with Gasteiger partial charge in [0.25, 0.3) is 10.0 Å². The van der Waals surface area contributed by atoms with Gasteiger partial charge in [0.15, 0.2) is 5.03 Å². The minimum Gasteiger partial charge on any atom is -0.337 e. The lowest BCUT2D eigenvalue weighted by molar-refractivity contribution is -0.144. The molecule has 3 heterocycles. The molecule has 0 unspecified atom stereocenters. The first-order valence-corrected chi connectivity index (χ1v) is 9.73. The van der Waals surface area contributed by atoms with Gasteiger partial charge >= 0.3 is 6.18 Å². The summed E-state index contributed by atoms with van der Waals surface area (Å²) in [5, 5.41) is 7.19. The second kappa shape index (κ2) is 7.16. The Kier molecular flexibility index (Phi) is 5.18. The van der Waals surface area contributed by atoms with Crippen molar-refractivity contribution in [2.45, 2.75) is 31.0 Å². The van der Waals surface area contributed by atoms with E-state index in [0.717, 1.165) is 0 Å². The van der Waals surface area contributed by atoms with Gasteiger partial charge in [0, 0.05) is 32.3 Å². The highest BCUT2D eigenvalue weighted by Crippen LogP contribution is 2.27. The maximum Gasteiger partial charge on any atom is 0.451 e. The molecule has 1 saturated heterocycles. The third kappa shape index (κ3) is 4.01. The zero-order valence-corrected chi connectivity index (χ0v) is 15.8. The van der Waals surface area contributed by atoms with Gasteiger partial charge in [0.05, 0.1) is 0 Å². The first kappa shape index (κ1) is 20.3. The first-order valence-electron chi connectivity index (χ1n) is 8.29. The number of rotatable bonds is 4. The standard InChI is InChI=1S/C14H18F3N7O3S/c1-8-18-10(7-23(8)2)28(26,27)24-5-3-9(4-6-24)11(25)19-13-20-12(21-22-13)14(15,16)17/h7,9H,3-6H2,1-2H3,(H2,19,20,21,22,25). The number of imidazole rings is 1. The molecule has 1 aliphatic heterocycles. The van der Waals surface area contributed by atoms with E-state index in [2.05, 4.69) is 20.4 Å². The smallest absolute Gasteiger partial charge is 0.337 e. The van der Waals surface area contributed by atoms with E-state index in [-0.39, 0.29) is 31.0 Å². The van der Waals surface area contributed by atoms with Crippen LogP contribution in [-0.2, 0) is 28.0 Å². The molecule has 28 heavy (non-hydrogen) atoms. The molecule has 2 aromatic rings. The molecule has 2 N–H and O–H groups in total. The van der Waals surface area contributed by atoms with Crippen molar-refractivity contribution in [1.82, 2.24) is 29.0 Å². The van der Waals surface area contributed by atoms with Gasteiger partial charge < -0.3 is 4.57 Å². The molecule has 1 amide bonds. The van der Waals surface area contributed by atoms with E-state index >= 15 is 0 Å². The van der Waals surface area contributed by atoms with E-state index in [1.807, 2.05) is 0 Å². The fraction of sp³-hybridized carbons (Fsp3) is 0.571. The van der Waals surface area contributed by atoms with E-state index in [1.54, 1.807) is 23.6 Å². The minimum atomic E-state index is -4.69. The van der Waals surface area contributed by atoms with Crippen molar-refractivity contribution in [3.8, 4) is 0 Å². The number of hydrogen-bond donors (Lipinski definition) is 2. The molecule has 1 aliphatic rings. The lowest BCUT2D eigenvalue weighted by Crippen LogP contribution is -2.41. The summed E-state index contributed by atoms with van der Waals surface area (Å²) in [6, 6.07) is 0. The molecule has 10 nitrogen and oxygen atoms in total. The second-order valence-corrected chi connectivity index (χ2v) is 8.30. The number of nitrogens with one attached hydrogen (secondary N) is 2. The van der Waals surface area contributed by atoms with Crippen LogP contribution < -0.4 is 5.32 Å². The molecule has 0 radical (unpaired) electrons. The van der Waals surface area contributed by atoms with Crippen molar-refractivity contribution in [3.05, 3.63) is 17.8 Å². The Hall–Kier alpha value is -2.48. The number of aromatic amines is 1. The zero-order valence-electron chi connectivity index (χ0n) is 15.0. The highest BCUT2D eigenvalue weighted by molar-refractivity contribution is 7.89. The molecule has 2 aromatic heterocycles. The summed E-state index contributed by atoms with van der Waals surface area (Å²) in [6.45, 7) is 1.87. The lowest BCUT2D eigenvalue weighted by atomic mass is 9.97. The maximum atomic E-state index is 12.6. The normalized spacial score (nSPS) is 17.0. The summed E-state index contributed by atoms with van der Waals surface area (Å²) >= 11 is 0. The number of alkyl halides is 3. The molecule has 0 bridgehead atoms. The van der Waals surface area contributed by atoms with Gasteiger partial charge in [-0.1, -0.05) is 0 Å². The van der Waals surface area contributed by atoms with Crippen molar-refractivity contribution < 1.29 is 26.4 Å². The molecule has 0 aromatic carbocycles. The van der Waals surface area contributed by atoms with Crippen LogP contribution in [0.3, 0.4) is 0 Å². The number of sulfonamides is 1. The Morgan fingerprint density at radius 1 is 1.29 bits per heavy atom. The molecule has 0 atom stereocenters. The average Bonchev–Trinajstić information content (AvgIpc) is 3.22. The molecule has 14 heteroatoms. The number of H-pyrrole nitrogens is 1. The SMILES string of the molecule is Cc1nc(S(=O)(=O)N2CCC(C(=O)Nc3n[nH]c(C(F)(F)F)n3)CC2)cn1C. The molecule has 0 spiro atoms. The predicted molar refractivity (Wildman–Crippen MR) is 89.4 cm³/mol. The van der Waals surface area contributed by atoms with Gasteiger partial charge in [0.1, 0.15) is 5.82 Å². The van der Waals surface area contributed by atoms with Crippen molar-refractivity contribution >= 4 is 21.9 Å². The Morgan fingerprint density at radius 2 is 1.93 bits per heavy atom. The third-order valence-electron chi connectivity index (χ3n) is 4.50. The number of aryl methyl sites for hydroxylation is 2. The van der Waals surface area contributed by atoms with E-state index < -0.39 is 39.8 Å². The fourth-order valence-electron chi connectivity index (χ4n) is 2.80. The summed E-state index contributed by atoms with van der Waals surface area (Å²) < 4.78 is 65.6. The number of aromatic nitrogens is 5. The first-order chi connectivity index (χ1) is 13.0. The maximum absolute atomic E-state index is 12.6. The summed E-state index contributed by atoms with van der Waals surface area (Å²) in [5.41, 5.74) is 0. The van der Waals surface area contributed by atoms with Gasteiger partial charge in [0.2, 0.25) is 17.7 Å². The van der Waals surface area contributed by atoms with Gasteiger partial charge in [-0.25, -0.2) is 13.4 Å². The van der Waals surface area contributed by atoms with Crippen LogP contribution in [0, 0.1) is 12.8 Å². The average molecular weight is 421 g/mol. The summed E-state index contributed by atoms with van der Waals surface area (Å²) in [7, 11) is -2.08. The Labute approximate surface area is 158 Å². The van der Waals surface area contributed by atoms with E-state index in [4.69, 9.17) is 0 Å². The number of nitrogens with zero attached hydrogens (tertiary/aromatic N) is 5. The number of carbonyl (C=O) groups is 1. The Morgan fingerprint density at radius 3 is 2.43 bits per heavy atom. The molecular weight excluding hydrogens is 403 g/mol. The van der Waals surface area contributed by atoms with Crippen LogP contribution in [0.1, 0.15) is 24.5 Å². The van der Waals surface area contributed by atoms with Gasteiger partial charge in [-0.2, -0.15) is 22.5 Å². The number of amides is 1. The van der Waals surface area contributed by atoms with Gasteiger partial charge in [-0.3, -0.25) is 15.2 Å². The predicted octanol–water partition coefficient (Wildman–Crippen LogP) is 0.905. The summed E-state index contributed by atoms with van der Waals surface area (Å²) in [4.78, 5) is 19.4. The molecule has 3 rings (SSSR count). The second-order valence-electron chi connectivity index (χ2n) is 6.41. The minimum absolute atomic E-state index is 0.0594. The van der Waals surface area contributed by atoms with Crippen LogP contribution in [0.15, 0.2) is 11.2 Å². The van der Waals surface area contributed by atoms with Crippen LogP contribution in [0.25, 0.3) is 0 Å². The topological polar surface area (TPSA) is 126 Å². The number of carbonyl (C=O) groups excluding carboxylic acids is 1. The van der Waals surface area contributed by atoms with Crippen LogP contribution in [0.2, 0.25) is 0 Å². The van der Waals surface area contributed by atoms with E-state index in [0.29, 0.717) is 5.82 Å². The number of hydrogen-bond acceptors (Lipinski definition) is 6. The monoisotopic (exact) mass is 421 g/mol. The van der Waals surface area contributed by atoms with Gasteiger partial charge in [-0.05, 0) is 19.8 Å². The molecule has 0 aliphatic carbocycles. The van der Waals surface area contributed by atoms with Crippen LogP contribution in [-0.4, -0.2) is 56.5 Å². The molecule has 0 saturated carbocycles. The van der Waals surface area contributed by atoms with Crippen molar-refractivity contribution in [2.24, 2.45) is 13.0 Å². The number of piperidine rings is 1. The fourth-order valence-corrected chi connectivity index (χ4v) is 4.29.